The summed E-state index contributed by atoms with van der Waals surface area (Å²) in [5, 5.41) is 37.7. The summed E-state index contributed by atoms with van der Waals surface area (Å²) in [4.78, 5) is 0. The Morgan fingerprint density at radius 3 is 2.33 bits per heavy atom. The summed E-state index contributed by atoms with van der Waals surface area (Å²) in [5.41, 5.74) is 5.35. The average molecular weight is 265 g/mol. The highest BCUT2D eigenvalue weighted by atomic mass is 16.7. The third-order valence-electron chi connectivity index (χ3n) is 2.98. The van der Waals surface area contributed by atoms with Gasteiger partial charge in [-0.3, -0.25) is 0 Å². The first-order valence-electron chi connectivity index (χ1n) is 6.24. The minimum atomic E-state index is -1.38. The van der Waals surface area contributed by atoms with E-state index in [0.717, 1.165) is 19.3 Å². The SMILES string of the molecule is NCCCCCO[C@@H]1O[C@H](CO)[C@@H](O)[C@H](O)[C@H]1O. The molecule has 0 amide bonds. The van der Waals surface area contributed by atoms with Crippen molar-refractivity contribution >= 4 is 0 Å². The smallest absolute Gasteiger partial charge is 0.186 e. The molecule has 0 radical (unpaired) electrons. The highest BCUT2D eigenvalue weighted by Crippen LogP contribution is 2.22. The van der Waals surface area contributed by atoms with Gasteiger partial charge in [0.05, 0.1) is 6.61 Å². The first-order valence-corrected chi connectivity index (χ1v) is 6.24. The minimum absolute atomic E-state index is 0.364. The summed E-state index contributed by atoms with van der Waals surface area (Å²) in [6.07, 6.45) is -3.42. The van der Waals surface area contributed by atoms with Gasteiger partial charge in [-0.2, -0.15) is 0 Å². The lowest BCUT2D eigenvalue weighted by molar-refractivity contribution is -0.301. The second-order valence-corrected chi connectivity index (χ2v) is 4.42. The summed E-state index contributed by atoms with van der Waals surface area (Å²) in [5.74, 6) is 0. The van der Waals surface area contributed by atoms with Crippen molar-refractivity contribution in [3.05, 3.63) is 0 Å². The fourth-order valence-corrected chi connectivity index (χ4v) is 1.83. The standard InChI is InChI=1S/C11H23NO6/c12-4-2-1-3-5-17-11-10(16)9(15)8(14)7(6-13)18-11/h7-11,13-16H,1-6,12H2/t7-,8-,9+,10-,11-/m1/s1. The second-order valence-electron chi connectivity index (χ2n) is 4.42. The quantitative estimate of drug-likeness (QED) is 0.335. The molecule has 0 unspecified atom stereocenters. The molecular formula is C11H23NO6. The molecule has 5 atom stereocenters. The molecule has 6 N–H and O–H groups in total. The molecule has 0 aromatic carbocycles. The molecule has 1 rings (SSSR count). The van der Waals surface area contributed by atoms with Crippen LogP contribution in [0.15, 0.2) is 0 Å². The van der Waals surface area contributed by atoms with Gasteiger partial charge in [-0.1, -0.05) is 0 Å². The number of hydrogen-bond acceptors (Lipinski definition) is 7. The molecule has 0 saturated carbocycles. The van der Waals surface area contributed by atoms with E-state index < -0.39 is 37.3 Å². The topological polar surface area (TPSA) is 125 Å². The molecule has 108 valence electrons. The molecule has 1 heterocycles. The zero-order valence-electron chi connectivity index (χ0n) is 10.3. The summed E-state index contributed by atoms with van der Waals surface area (Å²) in [7, 11) is 0. The van der Waals surface area contributed by atoms with Crippen molar-refractivity contribution in [3.8, 4) is 0 Å². The molecule has 0 aromatic rings. The van der Waals surface area contributed by atoms with Gasteiger partial charge in [0.2, 0.25) is 0 Å². The van der Waals surface area contributed by atoms with E-state index in [0.29, 0.717) is 13.2 Å². The van der Waals surface area contributed by atoms with Crippen molar-refractivity contribution in [1.82, 2.24) is 0 Å². The first-order chi connectivity index (χ1) is 8.61. The fraction of sp³-hybridized carbons (Fsp3) is 1.00. The van der Waals surface area contributed by atoms with Crippen LogP contribution in [0.2, 0.25) is 0 Å². The van der Waals surface area contributed by atoms with Crippen LogP contribution in [0.1, 0.15) is 19.3 Å². The maximum absolute atomic E-state index is 9.66. The number of aliphatic hydroxyl groups excluding tert-OH is 4. The first kappa shape index (κ1) is 15.8. The van der Waals surface area contributed by atoms with Crippen molar-refractivity contribution in [2.45, 2.75) is 50.0 Å². The maximum atomic E-state index is 9.66. The van der Waals surface area contributed by atoms with E-state index in [9.17, 15) is 15.3 Å². The van der Waals surface area contributed by atoms with E-state index in [-0.39, 0.29) is 0 Å². The molecule has 18 heavy (non-hydrogen) atoms. The van der Waals surface area contributed by atoms with Crippen LogP contribution in [0.5, 0.6) is 0 Å². The lowest BCUT2D eigenvalue weighted by Crippen LogP contribution is -2.59. The van der Waals surface area contributed by atoms with Crippen LogP contribution in [0.4, 0.5) is 0 Å². The van der Waals surface area contributed by atoms with Gasteiger partial charge in [0.1, 0.15) is 24.4 Å². The van der Waals surface area contributed by atoms with E-state index in [1.807, 2.05) is 0 Å². The average Bonchev–Trinajstić information content (AvgIpc) is 2.38. The molecular weight excluding hydrogens is 242 g/mol. The zero-order chi connectivity index (χ0) is 13.5. The summed E-state index contributed by atoms with van der Waals surface area (Å²) < 4.78 is 10.5. The predicted molar refractivity (Wildman–Crippen MR) is 62.6 cm³/mol. The summed E-state index contributed by atoms with van der Waals surface area (Å²) >= 11 is 0. The highest BCUT2D eigenvalue weighted by molar-refractivity contribution is 4.88. The summed E-state index contributed by atoms with van der Waals surface area (Å²) in [6.45, 7) is 0.542. The van der Waals surface area contributed by atoms with E-state index in [1.54, 1.807) is 0 Å². The van der Waals surface area contributed by atoms with Gasteiger partial charge in [0.25, 0.3) is 0 Å². The van der Waals surface area contributed by atoms with Crippen molar-refractivity contribution in [2.24, 2.45) is 5.73 Å². The normalized spacial score (nSPS) is 36.8. The third-order valence-corrected chi connectivity index (χ3v) is 2.98. The van der Waals surface area contributed by atoms with E-state index in [1.165, 1.54) is 0 Å². The monoisotopic (exact) mass is 265 g/mol. The molecule has 0 spiro atoms. The lowest BCUT2D eigenvalue weighted by atomic mass is 9.99. The van der Waals surface area contributed by atoms with Crippen LogP contribution in [-0.4, -0.2) is 70.9 Å². The molecule has 0 aromatic heterocycles. The number of unbranched alkanes of at least 4 members (excludes halogenated alkanes) is 2. The number of nitrogens with two attached hydrogens (primary N) is 1. The molecule has 1 aliphatic rings. The Bertz CT molecular complexity index is 228. The predicted octanol–water partition coefficient (Wildman–Crippen LogP) is -2.07. The molecule has 0 aliphatic carbocycles. The fourth-order valence-electron chi connectivity index (χ4n) is 1.83. The molecule has 0 bridgehead atoms. The van der Waals surface area contributed by atoms with Gasteiger partial charge < -0.3 is 35.6 Å². The van der Waals surface area contributed by atoms with Gasteiger partial charge in [-0.05, 0) is 25.8 Å². The Kier molecular flexibility index (Phi) is 7.02. The Morgan fingerprint density at radius 2 is 1.72 bits per heavy atom. The molecule has 7 heteroatoms. The van der Waals surface area contributed by atoms with Crippen LogP contribution in [0, 0.1) is 0 Å². The Morgan fingerprint density at radius 1 is 1.00 bits per heavy atom. The molecule has 1 saturated heterocycles. The third kappa shape index (κ3) is 4.13. The molecule has 7 nitrogen and oxygen atoms in total. The number of ether oxygens (including phenoxy) is 2. The van der Waals surface area contributed by atoms with E-state index in [4.69, 9.17) is 20.3 Å². The van der Waals surface area contributed by atoms with Gasteiger partial charge in [0.15, 0.2) is 6.29 Å². The Balaban J connectivity index is 2.35. The highest BCUT2D eigenvalue weighted by Gasteiger charge is 2.43. The van der Waals surface area contributed by atoms with Crippen molar-refractivity contribution in [1.29, 1.82) is 0 Å². The summed E-state index contributed by atoms with van der Waals surface area (Å²) in [6, 6.07) is 0. The van der Waals surface area contributed by atoms with Gasteiger partial charge in [-0.15, -0.1) is 0 Å². The van der Waals surface area contributed by atoms with Crippen molar-refractivity contribution < 1.29 is 29.9 Å². The molecule has 1 aliphatic heterocycles. The van der Waals surface area contributed by atoms with Gasteiger partial charge in [0, 0.05) is 6.61 Å². The largest absolute Gasteiger partial charge is 0.394 e. The molecule has 1 fully saturated rings. The van der Waals surface area contributed by atoms with Crippen molar-refractivity contribution in [3.63, 3.8) is 0 Å². The Hall–Kier alpha value is -0.280. The lowest BCUT2D eigenvalue weighted by Gasteiger charge is -2.39. The van der Waals surface area contributed by atoms with Gasteiger partial charge >= 0.3 is 0 Å². The zero-order valence-corrected chi connectivity index (χ0v) is 10.3. The van der Waals surface area contributed by atoms with Gasteiger partial charge in [-0.25, -0.2) is 0 Å². The van der Waals surface area contributed by atoms with Crippen molar-refractivity contribution in [2.75, 3.05) is 19.8 Å². The van der Waals surface area contributed by atoms with Crippen LogP contribution in [0.3, 0.4) is 0 Å². The van der Waals surface area contributed by atoms with Crippen LogP contribution >= 0.6 is 0 Å². The Labute approximate surface area is 106 Å². The maximum Gasteiger partial charge on any atom is 0.186 e. The van der Waals surface area contributed by atoms with Crippen LogP contribution < -0.4 is 5.73 Å². The number of rotatable bonds is 7. The number of hydrogen-bond donors (Lipinski definition) is 5. The van der Waals surface area contributed by atoms with Crippen LogP contribution in [-0.2, 0) is 9.47 Å². The van der Waals surface area contributed by atoms with E-state index in [2.05, 4.69) is 0 Å². The number of aliphatic hydroxyl groups is 4. The minimum Gasteiger partial charge on any atom is -0.394 e. The second kappa shape index (κ2) is 8.00. The van der Waals surface area contributed by atoms with Crippen LogP contribution in [0.25, 0.3) is 0 Å². The van der Waals surface area contributed by atoms with E-state index >= 15 is 0 Å².